The average molecular weight is 483 g/mol. The standard InChI is InChI=1S/C24H26N4O3S2/c1-16-4-8-18(9-5-16)22-23(19-10-6-17(2)7-11-19)26-27-24(25-22)32-14-21(29)28(3)20-12-13-33(30,31)15-20/h4-11,20H,12-15H2,1-3H3/t20-/m0/s1. The molecule has 7 nitrogen and oxygen atoms in total. The van der Waals surface area contributed by atoms with E-state index in [1.807, 2.05) is 62.4 Å². The fourth-order valence-electron chi connectivity index (χ4n) is 3.70. The number of sulfone groups is 1. The lowest BCUT2D eigenvalue weighted by atomic mass is 10.0. The maximum atomic E-state index is 12.7. The Hall–Kier alpha value is -2.78. The third kappa shape index (κ3) is 5.59. The first-order valence-corrected chi connectivity index (χ1v) is 13.5. The topological polar surface area (TPSA) is 93.1 Å². The number of carbonyl (C=O) groups excluding carboxylic acids is 1. The van der Waals surface area contributed by atoms with Crippen LogP contribution in [0, 0.1) is 13.8 Å². The minimum atomic E-state index is -3.05. The van der Waals surface area contributed by atoms with Crippen LogP contribution in [0.4, 0.5) is 0 Å². The average Bonchev–Trinajstić information content (AvgIpc) is 3.17. The molecule has 1 amide bonds. The van der Waals surface area contributed by atoms with Crippen molar-refractivity contribution in [1.82, 2.24) is 20.1 Å². The second kappa shape index (κ2) is 9.61. The molecule has 0 radical (unpaired) electrons. The SMILES string of the molecule is Cc1ccc(-c2nnc(SCC(=O)N(C)[C@H]3CCS(=O)(=O)C3)nc2-c2ccc(C)cc2)cc1. The molecule has 0 saturated carbocycles. The van der Waals surface area contributed by atoms with Crippen LogP contribution < -0.4 is 0 Å². The van der Waals surface area contributed by atoms with E-state index in [4.69, 9.17) is 4.98 Å². The molecule has 1 aromatic heterocycles. The molecule has 2 aromatic carbocycles. The summed E-state index contributed by atoms with van der Waals surface area (Å²) in [7, 11) is -1.39. The number of aromatic nitrogens is 3. The first kappa shape index (κ1) is 23.4. The van der Waals surface area contributed by atoms with Crippen LogP contribution in [-0.4, -0.2) is 64.8 Å². The zero-order valence-electron chi connectivity index (χ0n) is 18.9. The van der Waals surface area contributed by atoms with Gasteiger partial charge in [-0.15, -0.1) is 10.2 Å². The molecular weight excluding hydrogens is 456 g/mol. The predicted octanol–water partition coefficient (Wildman–Crippen LogP) is 3.56. The fourth-order valence-corrected chi connectivity index (χ4v) is 6.19. The van der Waals surface area contributed by atoms with Crippen molar-refractivity contribution in [3.8, 4) is 22.5 Å². The lowest BCUT2D eigenvalue weighted by Gasteiger charge is -2.23. The van der Waals surface area contributed by atoms with Gasteiger partial charge in [0, 0.05) is 24.2 Å². The number of hydrogen-bond acceptors (Lipinski definition) is 7. The molecule has 0 bridgehead atoms. The number of thioether (sulfide) groups is 1. The maximum Gasteiger partial charge on any atom is 0.233 e. The Labute approximate surface area is 198 Å². The lowest BCUT2D eigenvalue weighted by molar-refractivity contribution is -0.128. The molecule has 4 rings (SSSR count). The Morgan fingerprint density at radius 3 is 2.09 bits per heavy atom. The van der Waals surface area contributed by atoms with E-state index in [0.29, 0.717) is 23.0 Å². The lowest BCUT2D eigenvalue weighted by Crippen LogP contribution is -2.38. The van der Waals surface area contributed by atoms with Gasteiger partial charge in [0.25, 0.3) is 0 Å². The van der Waals surface area contributed by atoms with E-state index in [-0.39, 0.29) is 29.2 Å². The summed E-state index contributed by atoms with van der Waals surface area (Å²) in [6.45, 7) is 4.06. The highest BCUT2D eigenvalue weighted by molar-refractivity contribution is 7.99. The monoisotopic (exact) mass is 482 g/mol. The molecule has 0 unspecified atom stereocenters. The van der Waals surface area contributed by atoms with Crippen molar-refractivity contribution >= 4 is 27.5 Å². The van der Waals surface area contributed by atoms with Gasteiger partial charge in [-0.25, -0.2) is 13.4 Å². The maximum absolute atomic E-state index is 12.7. The minimum Gasteiger partial charge on any atom is -0.341 e. The van der Waals surface area contributed by atoms with Crippen LogP contribution in [0.1, 0.15) is 17.5 Å². The molecule has 1 fully saturated rings. The van der Waals surface area contributed by atoms with E-state index in [1.54, 1.807) is 7.05 Å². The molecule has 3 aromatic rings. The van der Waals surface area contributed by atoms with Gasteiger partial charge in [0.15, 0.2) is 9.84 Å². The van der Waals surface area contributed by atoms with Crippen LogP contribution >= 0.6 is 11.8 Å². The minimum absolute atomic E-state index is 0.0286. The van der Waals surface area contributed by atoms with Gasteiger partial charge in [-0.05, 0) is 20.3 Å². The molecule has 1 aliphatic heterocycles. The molecule has 0 aliphatic carbocycles. The van der Waals surface area contributed by atoms with E-state index in [9.17, 15) is 13.2 Å². The number of nitrogens with zero attached hydrogens (tertiary/aromatic N) is 4. The first-order valence-electron chi connectivity index (χ1n) is 10.7. The van der Waals surface area contributed by atoms with Crippen LogP contribution in [-0.2, 0) is 14.6 Å². The van der Waals surface area contributed by atoms with E-state index in [0.717, 1.165) is 22.3 Å². The van der Waals surface area contributed by atoms with Gasteiger partial charge in [-0.3, -0.25) is 4.79 Å². The fraction of sp³-hybridized carbons (Fsp3) is 0.333. The van der Waals surface area contributed by atoms with E-state index < -0.39 is 9.84 Å². The zero-order valence-corrected chi connectivity index (χ0v) is 20.5. The Morgan fingerprint density at radius 2 is 1.55 bits per heavy atom. The van der Waals surface area contributed by atoms with Crippen molar-refractivity contribution in [2.24, 2.45) is 0 Å². The van der Waals surface area contributed by atoms with Crippen LogP contribution in [0.2, 0.25) is 0 Å². The highest BCUT2D eigenvalue weighted by Crippen LogP contribution is 2.30. The van der Waals surface area contributed by atoms with Crippen molar-refractivity contribution in [1.29, 1.82) is 0 Å². The van der Waals surface area contributed by atoms with Crippen LogP contribution in [0.25, 0.3) is 22.5 Å². The second-order valence-electron chi connectivity index (χ2n) is 8.37. The van der Waals surface area contributed by atoms with Crippen molar-refractivity contribution in [3.05, 3.63) is 59.7 Å². The van der Waals surface area contributed by atoms with E-state index in [1.165, 1.54) is 16.7 Å². The number of hydrogen-bond donors (Lipinski definition) is 0. The summed E-state index contributed by atoms with van der Waals surface area (Å²) in [5, 5.41) is 9.13. The molecule has 0 spiro atoms. The van der Waals surface area contributed by atoms with Crippen molar-refractivity contribution in [2.75, 3.05) is 24.3 Å². The third-order valence-corrected chi connectivity index (χ3v) is 8.36. The van der Waals surface area contributed by atoms with Crippen LogP contribution in [0.3, 0.4) is 0 Å². The Bertz CT molecular complexity index is 1260. The van der Waals surface area contributed by atoms with Gasteiger partial charge in [-0.2, -0.15) is 0 Å². The van der Waals surface area contributed by atoms with Gasteiger partial charge >= 0.3 is 0 Å². The third-order valence-electron chi connectivity index (χ3n) is 5.79. The predicted molar refractivity (Wildman–Crippen MR) is 131 cm³/mol. The first-order chi connectivity index (χ1) is 15.7. The quantitative estimate of drug-likeness (QED) is 0.496. The van der Waals surface area contributed by atoms with Gasteiger partial charge in [0.1, 0.15) is 11.4 Å². The summed E-state index contributed by atoms with van der Waals surface area (Å²) in [6, 6.07) is 15.8. The molecule has 172 valence electrons. The summed E-state index contributed by atoms with van der Waals surface area (Å²) in [4.78, 5) is 18.9. The van der Waals surface area contributed by atoms with Gasteiger partial charge in [-0.1, -0.05) is 71.4 Å². The molecule has 9 heteroatoms. The highest BCUT2D eigenvalue weighted by atomic mass is 32.2. The van der Waals surface area contributed by atoms with Crippen molar-refractivity contribution in [2.45, 2.75) is 31.5 Å². The van der Waals surface area contributed by atoms with Crippen LogP contribution in [0.5, 0.6) is 0 Å². The largest absolute Gasteiger partial charge is 0.341 e. The highest BCUT2D eigenvalue weighted by Gasteiger charge is 2.32. The summed E-state index contributed by atoms with van der Waals surface area (Å²) >= 11 is 1.21. The molecular formula is C24H26N4O3S2. The summed E-state index contributed by atoms with van der Waals surface area (Å²) in [5.74, 6) is 0.132. The Kier molecular flexibility index (Phi) is 6.81. The molecule has 33 heavy (non-hydrogen) atoms. The molecule has 1 atom stereocenters. The zero-order chi connectivity index (χ0) is 23.6. The molecule has 2 heterocycles. The molecule has 1 aliphatic rings. The summed E-state index contributed by atoms with van der Waals surface area (Å²) in [5.41, 5.74) is 5.54. The van der Waals surface area contributed by atoms with Crippen molar-refractivity contribution < 1.29 is 13.2 Å². The van der Waals surface area contributed by atoms with Gasteiger partial charge in [0.05, 0.1) is 17.3 Å². The van der Waals surface area contributed by atoms with Gasteiger partial charge in [0.2, 0.25) is 11.1 Å². The number of benzene rings is 2. The molecule has 0 N–H and O–H groups in total. The number of aryl methyl sites for hydroxylation is 2. The summed E-state index contributed by atoms with van der Waals surface area (Å²) < 4.78 is 23.5. The number of amides is 1. The van der Waals surface area contributed by atoms with Crippen LogP contribution in [0.15, 0.2) is 53.7 Å². The Balaban J connectivity index is 1.56. The number of carbonyl (C=O) groups is 1. The summed E-state index contributed by atoms with van der Waals surface area (Å²) in [6.07, 6.45) is 0.482. The van der Waals surface area contributed by atoms with E-state index in [2.05, 4.69) is 10.2 Å². The smallest absolute Gasteiger partial charge is 0.233 e. The Morgan fingerprint density at radius 1 is 0.970 bits per heavy atom. The van der Waals surface area contributed by atoms with E-state index >= 15 is 0 Å². The van der Waals surface area contributed by atoms with Gasteiger partial charge < -0.3 is 4.90 Å². The normalized spacial score (nSPS) is 17.1. The second-order valence-corrected chi connectivity index (χ2v) is 11.5. The molecule has 1 saturated heterocycles. The number of rotatable bonds is 6. The van der Waals surface area contributed by atoms with Crippen molar-refractivity contribution in [3.63, 3.8) is 0 Å².